The summed E-state index contributed by atoms with van der Waals surface area (Å²) in [5.41, 5.74) is 3.95. The number of hydrogen-bond acceptors (Lipinski definition) is 5. The summed E-state index contributed by atoms with van der Waals surface area (Å²) in [6.07, 6.45) is 3.71. The lowest BCUT2D eigenvalue weighted by Crippen LogP contribution is -2.00. The Balaban J connectivity index is 1.45. The van der Waals surface area contributed by atoms with Crippen LogP contribution in [0.5, 0.6) is 0 Å². The zero-order chi connectivity index (χ0) is 17.9. The number of ketones is 1. The number of para-hydroxylation sites is 1. The minimum absolute atomic E-state index is 0.0889. The van der Waals surface area contributed by atoms with Crippen LogP contribution >= 0.6 is 11.3 Å². The van der Waals surface area contributed by atoms with E-state index in [9.17, 15) is 4.79 Å². The minimum Gasteiger partial charge on any atom is -0.380 e. The molecule has 0 unspecified atom stereocenters. The summed E-state index contributed by atoms with van der Waals surface area (Å²) in [6, 6.07) is 18.0. The summed E-state index contributed by atoms with van der Waals surface area (Å²) in [5.74, 6) is 0.0889. The van der Waals surface area contributed by atoms with Gasteiger partial charge in [0.25, 0.3) is 0 Å². The summed E-state index contributed by atoms with van der Waals surface area (Å²) in [5, 5.41) is 4.50. The minimum atomic E-state index is 0.0889. The van der Waals surface area contributed by atoms with Gasteiger partial charge < -0.3 is 5.32 Å². The van der Waals surface area contributed by atoms with E-state index in [-0.39, 0.29) is 5.78 Å². The lowest BCUT2D eigenvalue weighted by molar-refractivity contribution is 0.102. The van der Waals surface area contributed by atoms with E-state index in [0.29, 0.717) is 6.54 Å². The third kappa shape index (κ3) is 3.48. The molecule has 0 aliphatic rings. The summed E-state index contributed by atoms with van der Waals surface area (Å²) < 4.78 is 0. The predicted octanol–water partition coefficient (Wildman–Crippen LogP) is 5.17. The normalized spacial score (nSPS) is 10.8. The fourth-order valence-electron chi connectivity index (χ4n) is 2.71. The molecule has 0 fully saturated rings. The maximum absolute atomic E-state index is 11.4. The molecule has 26 heavy (non-hydrogen) atoms. The first-order valence-corrected chi connectivity index (χ1v) is 9.15. The lowest BCUT2D eigenvalue weighted by atomic mass is 10.2. The number of nitrogens with one attached hydrogen (secondary N) is 1. The number of anilines is 1. The van der Waals surface area contributed by atoms with E-state index >= 15 is 0 Å². The van der Waals surface area contributed by atoms with E-state index in [1.54, 1.807) is 6.92 Å². The van der Waals surface area contributed by atoms with Crippen LogP contribution in [0.1, 0.15) is 22.2 Å². The van der Waals surface area contributed by atoms with Crippen molar-refractivity contribution in [2.75, 3.05) is 5.32 Å². The molecule has 0 bridgehead atoms. The van der Waals surface area contributed by atoms with Gasteiger partial charge in [0.05, 0.1) is 32.8 Å². The zero-order valence-corrected chi connectivity index (χ0v) is 15.1. The molecule has 0 aliphatic heterocycles. The molecule has 3 aromatic heterocycles. The molecule has 0 aliphatic carbocycles. The molecule has 0 amide bonds. The van der Waals surface area contributed by atoms with E-state index in [0.717, 1.165) is 37.6 Å². The topological polar surface area (TPSA) is 54.9 Å². The molecule has 128 valence electrons. The Hall–Kier alpha value is -3.05. The van der Waals surface area contributed by atoms with Crippen LogP contribution in [-0.4, -0.2) is 15.8 Å². The van der Waals surface area contributed by atoms with Gasteiger partial charge in [-0.15, -0.1) is 11.3 Å². The summed E-state index contributed by atoms with van der Waals surface area (Å²) in [7, 11) is 0. The number of nitrogens with zero attached hydrogens (tertiary/aromatic N) is 2. The highest BCUT2D eigenvalue weighted by molar-refractivity contribution is 7.17. The van der Waals surface area contributed by atoms with Crippen molar-refractivity contribution < 1.29 is 4.79 Å². The average Bonchev–Trinajstić information content (AvgIpc) is 3.17. The number of benzene rings is 1. The SMILES string of the molecule is CC(=O)c1ccc(-c2ccc(CNc3cnc4ccccc4c3)cn2)s1. The van der Waals surface area contributed by atoms with Crippen LogP contribution in [0.15, 0.2) is 67.0 Å². The van der Waals surface area contributed by atoms with E-state index in [1.165, 1.54) is 11.3 Å². The molecule has 0 spiro atoms. The number of Topliss-reactive ketones (excluding diaryl/α,β-unsaturated/α-hetero) is 1. The first-order valence-electron chi connectivity index (χ1n) is 8.34. The number of aromatic nitrogens is 2. The van der Waals surface area contributed by atoms with Gasteiger partial charge in [0.1, 0.15) is 0 Å². The molecule has 4 aromatic rings. The Morgan fingerprint density at radius 3 is 2.69 bits per heavy atom. The molecule has 0 atom stereocenters. The molecule has 0 radical (unpaired) electrons. The maximum atomic E-state index is 11.4. The van der Waals surface area contributed by atoms with Gasteiger partial charge in [-0.05, 0) is 42.8 Å². The van der Waals surface area contributed by atoms with Crippen molar-refractivity contribution in [2.24, 2.45) is 0 Å². The Morgan fingerprint density at radius 2 is 1.92 bits per heavy atom. The molecular formula is C21H17N3OS. The van der Waals surface area contributed by atoms with Crippen molar-refractivity contribution in [2.45, 2.75) is 13.5 Å². The van der Waals surface area contributed by atoms with Crippen LogP contribution in [0, 0.1) is 0 Å². The molecule has 5 heteroatoms. The van der Waals surface area contributed by atoms with E-state index in [1.807, 2.05) is 48.8 Å². The first kappa shape index (κ1) is 16.4. The molecule has 0 saturated heterocycles. The van der Waals surface area contributed by atoms with Crippen molar-refractivity contribution in [1.29, 1.82) is 0 Å². The van der Waals surface area contributed by atoms with Crippen LogP contribution in [0.25, 0.3) is 21.5 Å². The van der Waals surface area contributed by atoms with E-state index in [2.05, 4.69) is 33.5 Å². The van der Waals surface area contributed by atoms with Crippen LogP contribution in [0.3, 0.4) is 0 Å². The summed E-state index contributed by atoms with van der Waals surface area (Å²) in [6.45, 7) is 2.26. The van der Waals surface area contributed by atoms with Gasteiger partial charge in [-0.2, -0.15) is 0 Å². The van der Waals surface area contributed by atoms with Gasteiger partial charge in [-0.1, -0.05) is 24.3 Å². The zero-order valence-electron chi connectivity index (χ0n) is 14.3. The van der Waals surface area contributed by atoms with Crippen LogP contribution < -0.4 is 5.32 Å². The monoisotopic (exact) mass is 359 g/mol. The van der Waals surface area contributed by atoms with Crippen molar-refractivity contribution in [1.82, 2.24) is 9.97 Å². The second-order valence-electron chi connectivity index (χ2n) is 6.04. The molecule has 3 heterocycles. The molecule has 4 rings (SSSR count). The highest BCUT2D eigenvalue weighted by Gasteiger charge is 2.07. The largest absolute Gasteiger partial charge is 0.380 e. The Labute approximate surface area is 155 Å². The number of rotatable bonds is 5. The maximum Gasteiger partial charge on any atom is 0.169 e. The molecule has 0 saturated carbocycles. The number of fused-ring (bicyclic) bond motifs is 1. The molecular weight excluding hydrogens is 342 g/mol. The van der Waals surface area contributed by atoms with Gasteiger partial charge in [-0.3, -0.25) is 14.8 Å². The van der Waals surface area contributed by atoms with Crippen molar-refractivity contribution in [3.63, 3.8) is 0 Å². The second-order valence-corrected chi connectivity index (χ2v) is 7.13. The lowest BCUT2D eigenvalue weighted by Gasteiger charge is -2.07. The predicted molar refractivity (Wildman–Crippen MR) is 107 cm³/mol. The van der Waals surface area contributed by atoms with Crippen LogP contribution in [-0.2, 0) is 6.54 Å². The summed E-state index contributed by atoms with van der Waals surface area (Å²) in [4.78, 5) is 22.2. The fourth-order valence-corrected chi connectivity index (χ4v) is 3.59. The smallest absolute Gasteiger partial charge is 0.169 e. The third-order valence-corrected chi connectivity index (χ3v) is 5.33. The average molecular weight is 359 g/mol. The first-order chi connectivity index (χ1) is 12.7. The third-order valence-electron chi connectivity index (χ3n) is 4.12. The summed E-state index contributed by atoms with van der Waals surface area (Å²) >= 11 is 1.48. The van der Waals surface area contributed by atoms with E-state index in [4.69, 9.17) is 0 Å². The van der Waals surface area contributed by atoms with Crippen molar-refractivity contribution in [3.8, 4) is 10.6 Å². The van der Waals surface area contributed by atoms with Crippen LogP contribution in [0.4, 0.5) is 5.69 Å². The number of carbonyl (C=O) groups excluding carboxylic acids is 1. The Kier molecular flexibility index (Phi) is 4.46. The second kappa shape index (κ2) is 7.06. The molecule has 1 N–H and O–H groups in total. The van der Waals surface area contributed by atoms with Crippen molar-refractivity contribution in [3.05, 3.63) is 77.4 Å². The van der Waals surface area contributed by atoms with E-state index < -0.39 is 0 Å². The highest BCUT2D eigenvalue weighted by atomic mass is 32.1. The van der Waals surface area contributed by atoms with Gasteiger partial charge >= 0.3 is 0 Å². The number of hydrogen-bond donors (Lipinski definition) is 1. The highest BCUT2D eigenvalue weighted by Crippen LogP contribution is 2.27. The number of carbonyl (C=O) groups is 1. The van der Waals surface area contributed by atoms with Gasteiger partial charge in [0.2, 0.25) is 0 Å². The van der Waals surface area contributed by atoms with Crippen LogP contribution in [0.2, 0.25) is 0 Å². The quantitative estimate of drug-likeness (QED) is 0.499. The standard InChI is InChI=1S/C21H17N3OS/c1-14(25)20-8-9-21(26-20)19-7-6-15(12-23-19)11-22-17-10-16-4-2-3-5-18(16)24-13-17/h2-10,12-13,22H,11H2,1H3. The fraction of sp³-hybridized carbons (Fsp3) is 0.0952. The number of pyridine rings is 2. The van der Waals surface area contributed by atoms with Gasteiger partial charge in [0.15, 0.2) is 5.78 Å². The Morgan fingerprint density at radius 1 is 1.04 bits per heavy atom. The van der Waals surface area contributed by atoms with Crippen molar-refractivity contribution >= 4 is 33.7 Å². The van der Waals surface area contributed by atoms with Gasteiger partial charge in [-0.25, -0.2) is 0 Å². The molecule has 1 aromatic carbocycles. The molecule has 4 nitrogen and oxygen atoms in total. The number of thiophene rings is 1. The Bertz CT molecular complexity index is 1070. The van der Waals surface area contributed by atoms with Gasteiger partial charge in [0, 0.05) is 18.1 Å².